The number of amides is 3. The SMILES string of the molecule is CC(=O)N1CSCC1C(=O)N1CCC(c2nc(C)ccc2C(=O)NCCc2cccs2)CC1. The highest BCUT2D eigenvalue weighted by Gasteiger charge is 2.37. The molecule has 2 saturated heterocycles. The van der Waals surface area contributed by atoms with Gasteiger partial charge in [0, 0.05) is 48.8 Å². The van der Waals surface area contributed by atoms with Gasteiger partial charge in [-0.2, -0.15) is 0 Å². The maximum absolute atomic E-state index is 13.0. The summed E-state index contributed by atoms with van der Waals surface area (Å²) in [6.07, 6.45) is 2.34. The normalized spacial score (nSPS) is 19.0. The van der Waals surface area contributed by atoms with E-state index in [1.54, 1.807) is 28.0 Å². The fourth-order valence-electron chi connectivity index (χ4n) is 4.47. The van der Waals surface area contributed by atoms with Gasteiger partial charge < -0.3 is 15.1 Å². The van der Waals surface area contributed by atoms with Crippen LogP contribution in [0.4, 0.5) is 0 Å². The van der Waals surface area contributed by atoms with E-state index in [4.69, 9.17) is 4.98 Å². The van der Waals surface area contributed by atoms with Gasteiger partial charge >= 0.3 is 0 Å². The average Bonchev–Trinajstić information content (AvgIpc) is 3.51. The molecule has 1 atom stereocenters. The first-order valence-electron chi connectivity index (χ1n) is 11.4. The third kappa shape index (κ3) is 5.58. The van der Waals surface area contributed by atoms with Gasteiger partial charge in [0.25, 0.3) is 5.91 Å². The van der Waals surface area contributed by atoms with Crippen LogP contribution >= 0.6 is 23.1 Å². The molecule has 1 N–H and O–H groups in total. The minimum Gasteiger partial charge on any atom is -0.352 e. The monoisotopic (exact) mass is 486 g/mol. The van der Waals surface area contributed by atoms with Gasteiger partial charge in [-0.1, -0.05) is 6.07 Å². The molecule has 176 valence electrons. The number of thiophene rings is 1. The highest BCUT2D eigenvalue weighted by Crippen LogP contribution is 2.31. The quantitative estimate of drug-likeness (QED) is 0.679. The van der Waals surface area contributed by atoms with Crippen LogP contribution in [0.15, 0.2) is 29.6 Å². The van der Waals surface area contributed by atoms with Crippen LogP contribution in [0.25, 0.3) is 0 Å². The number of rotatable bonds is 6. The zero-order valence-corrected chi connectivity index (χ0v) is 20.7. The number of thioether (sulfide) groups is 1. The summed E-state index contributed by atoms with van der Waals surface area (Å²) in [6.45, 7) is 5.28. The summed E-state index contributed by atoms with van der Waals surface area (Å²) in [5.74, 6) is 1.28. The van der Waals surface area contributed by atoms with E-state index in [1.807, 2.05) is 35.4 Å². The molecular weight excluding hydrogens is 456 g/mol. The van der Waals surface area contributed by atoms with Crippen molar-refractivity contribution in [1.29, 1.82) is 0 Å². The summed E-state index contributed by atoms with van der Waals surface area (Å²) >= 11 is 3.32. The van der Waals surface area contributed by atoms with Crippen molar-refractivity contribution in [2.24, 2.45) is 0 Å². The molecule has 7 nitrogen and oxygen atoms in total. The third-order valence-electron chi connectivity index (χ3n) is 6.31. The molecule has 0 spiro atoms. The van der Waals surface area contributed by atoms with E-state index in [9.17, 15) is 14.4 Å². The second kappa shape index (κ2) is 10.7. The van der Waals surface area contributed by atoms with Crippen LogP contribution in [0, 0.1) is 6.92 Å². The maximum Gasteiger partial charge on any atom is 0.253 e. The van der Waals surface area contributed by atoms with Crippen molar-refractivity contribution in [1.82, 2.24) is 20.1 Å². The first-order valence-corrected chi connectivity index (χ1v) is 13.4. The van der Waals surface area contributed by atoms with Crippen LogP contribution in [0.2, 0.25) is 0 Å². The van der Waals surface area contributed by atoms with Crippen LogP contribution in [0.5, 0.6) is 0 Å². The van der Waals surface area contributed by atoms with Gasteiger partial charge in [-0.15, -0.1) is 23.1 Å². The highest BCUT2D eigenvalue weighted by atomic mass is 32.2. The van der Waals surface area contributed by atoms with E-state index in [1.165, 1.54) is 11.8 Å². The van der Waals surface area contributed by atoms with Gasteiger partial charge in [0.1, 0.15) is 6.04 Å². The predicted molar refractivity (Wildman–Crippen MR) is 132 cm³/mol. The average molecular weight is 487 g/mol. The fourth-order valence-corrected chi connectivity index (χ4v) is 6.39. The third-order valence-corrected chi connectivity index (χ3v) is 8.26. The van der Waals surface area contributed by atoms with Gasteiger partial charge in [0.2, 0.25) is 11.8 Å². The first-order chi connectivity index (χ1) is 15.9. The number of nitrogens with one attached hydrogen (secondary N) is 1. The zero-order valence-electron chi connectivity index (χ0n) is 19.1. The van der Waals surface area contributed by atoms with E-state index in [-0.39, 0.29) is 29.7 Å². The van der Waals surface area contributed by atoms with Crippen molar-refractivity contribution in [2.75, 3.05) is 31.3 Å². The zero-order chi connectivity index (χ0) is 23.4. The van der Waals surface area contributed by atoms with Crippen molar-refractivity contribution in [3.63, 3.8) is 0 Å². The lowest BCUT2D eigenvalue weighted by molar-refractivity contribution is -0.143. The number of pyridine rings is 1. The van der Waals surface area contributed by atoms with Gasteiger partial charge in [0.05, 0.1) is 17.1 Å². The summed E-state index contributed by atoms with van der Waals surface area (Å²) in [7, 11) is 0. The minimum absolute atomic E-state index is 0.0393. The second-order valence-corrected chi connectivity index (χ2v) is 10.6. The van der Waals surface area contributed by atoms with E-state index in [0.717, 1.165) is 30.7 Å². The molecular formula is C24H30N4O3S2. The van der Waals surface area contributed by atoms with Gasteiger partial charge in [-0.3, -0.25) is 19.4 Å². The molecule has 0 saturated carbocycles. The lowest BCUT2D eigenvalue weighted by Gasteiger charge is -2.35. The van der Waals surface area contributed by atoms with Gasteiger partial charge in [0.15, 0.2) is 0 Å². The maximum atomic E-state index is 13.0. The molecule has 0 aliphatic carbocycles. The van der Waals surface area contributed by atoms with Gasteiger partial charge in [-0.25, -0.2) is 0 Å². The molecule has 2 aromatic heterocycles. The Morgan fingerprint density at radius 2 is 1.97 bits per heavy atom. The molecule has 2 aromatic rings. The number of hydrogen-bond acceptors (Lipinski definition) is 6. The minimum atomic E-state index is -0.356. The molecule has 2 aliphatic rings. The van der Waals surface area contributed by atoms with E-state index in [2.05, 4.69) is 11.4 Å². The summed E-state index contributed by atoms with van der Waals surface area (Å²) < 4.78 is 0. The van der Waals surface area contributed by atoms with Crippen molar-refractivity contribution in [2.45, 2.75) is 45.1 Å². The molecule has 33 heavy (non-hydrogen) atoms. The standard InChI is InChI=1S/C24H30N4O3S2/c1-16-5-6-20(23(30)25-10-7-19-4-3-13-33-19)22(26-16)18-8-11-27(12-9-18)24(31)21-14-32-15-28(21)17(2)29/h3-6,13,18,21H,7-12,14-15H2,1-2H3,(H,25,30). The van der Waals surface area contributed by atoms with Crippen molar-refractivity contribution in [3.8, 4) is 0 Å². The predicted octanol–water partition coefficient (Wildman–Crippen LogP) is 3.05. The van der Waals surface area contributed by atoms with Crippen molar-refractivity contribution in [3.05, 3.63) is 51.5 Å². The molecule has 0 radical (unpaired) electrons. The Balaban J connectivity index is 1.38. The summed E-state index contributed by atoms with van der Waals surface area (Å²) in [5.41, 5.74) is 2.35. The van der Waals surface area contributed by atoms with Crippen molar-refractivity contribution >= 4 is 40.8 Å². The smallest absolute Gasteiger partial charge is 0.253 e. The number of aryl methyl sites for hydroxylation is 1. The molecule has 1 unspecified atom stereocenters. The molecule has 4 rings (SSSR count). The Morgan fingerprint density at radius 1 is 1.18 bits per heavy atom. The van der Waals surface area contributed by atoms with E-state index < -0.39 is 0 Å². The Hall–Kier alpha value is -2.39. The Kier molecular flexibility index (Phi) is 7.70. The van der Waals surface area contributed by atoms with Gasteiger partial charge in [-0.05, 0) is 49.8 Å². The van der Waals surface area contributed by atoms with Crippen LogP contribution in [-0.4, -0.2) is 69.8 Å². The number of carbonyl (C=O) groups excluding carboxylic acids is 3. The molecule has 2 fully saturated rings. The number of piperidine rings is 1. The Morgan fingerprint density at radius 3 is 2.67 bits per heavy atom. The molecule has 0 aromatic carbocycles. The second-order valence-electron chi connectivity index (χ2n) is 8.57. The molecule has 3 amide bonds. The van der Waals surface area contributed by atoms with Crippen molar-refractivity contribution < 1.29 is 14.4 Å². The lowest BCUT2D eigenvalue weighted by Crippen LogP contribution is -2.50. The Labute approximate surface area is 202 Å². The van der Waals surface area contributed by atoms with Crippen LogP contribution in [-0.2, 0) is 16.0 Å². The molecule has 0 bridgehead atoms. The summed E-state index contributed by atoms with van der Waals surface area (Å²) in [5, 5.41) is 5.08. The molecule has 9 heteroatoms. The Bertz CT molecular complexity index is 1000. The number of aromatic nitrogens is 1. The largest absolute Gasteiger partial charge is 0.352 e. The number of carbonyl (C=O) groups is 3. The lowest BCUT2D eigenvalue weighted by atomic mass is 9.89. The number of nitrogens with zero attached hydrogens (tertiary/aromatic N) is 3. The van der Waals surface area contributed by atoms with Crippen LogP contribution < -0.4 is 5.32 Å². The van der Waals surface area contributed by atoms with Crippen LogP contribution in [0.1, 0.15) is 52.3 Å². The number of hydrogen-bond donors (Lipinski definition) is 1. The highest BCUT2D eigenvalue weighted by molar-refractivity contribution is 7.99. The number of likely N-dealkylation sites (tertiary alicyclic amines) is 1. The topological polar surface area (TPSA) is 82.6 Å². The van der Waals surface area contributed by atoms with E-state index in [0.29, 0.717) is 36.8 Å². The molecule has 4 heterocycles. The molecule has 2 aliphatic heterocycles. The summed E-state index contributed by atoms with van der Waals surface area (Å²) in [4.78, 5) is 47.4. The fraction of sp³-hybridized carbons (Fsp3) is 0.500. The van der Waals surface area contributed by atoms with E-state index >= 15 is 0 Å². The summed E-state index contributed by atoms with van der Waals surface area (Å²) in [6, 6.07) is 7.49. The first kappa shape index (κ1) is 23.8. The van der Waals surface area contributed by atoms with Crippen LogP contribution in [0.3, 0.4) is 0 Å².